The van der Waals surface area contributed by atoms with E-state index in [9.17, 15) is 0 Å². The maximum absolute atomic E-state index is 6.12. The van der Waals surface area contributed by atoms with Crippen LogP contribution < -0.4 is 10.2 Å². The summed E-state index contributed by atoms with van der Waals surface area (Å²) in [6.07, 6.45) is -0.262. The zero-order valence-electron chi connectivity index (χ0n) is 15.3. The van der Waals surface area contributed by atoms with Gasteiger partial charge in [-0.15, -0.1) is 5.10 Å². The Morgan fingerprint density at radius 2 is 1.59 bits per heavy atom. The summed E-state index contributed by atoms with van der Waals surface area (Å²) in [4.78, 5) is 0. The number of hydrogen-bond donors (Lipinski definition) is 1. The number of rotatable bonds is 2. The predicted molar refractivity (Wildman–Crippen MR) is 105 cm³/mol. The van der Waals surface area contributed by atoms with Gasteiger partial charge >= 0.3 is 0 Å². The highest BCUT2D eigenvalue weighted by Crippen LogP contribution is 2.47. The Bertz CT molecular complexity index is 1040. The third kappa shape index (κ3) is 2.56. The lowest BCUT2D eigenvalue weighted by molar-refractivity contribution is 0.192. The van der Waals surface area contributed by atoms with Gasteiger partial charge in [-0.1, -0.05) is 62.4 Å². The van der Waals surface area contributed by atoms with E-state index in [2.05, 4.69) is 42.6 Å². The molecule has 0 fully saturated rings. The third-order valence-electron chi connectivity index (χ3n) is 5.30. The molecular formula is C23H20N2O2. The Hall–Kier alpha value is -3.27. The molecule has 2 heterocycles. The summed E-state index contributed by atoms with van der Waals surface area (Å²) < 4.78 is 12.2. The molecule has 0 aliphatic carbocycles. The molecule has 0 saturated heterocycles. The van der Waals surface area contributed by atoms with Gasteiger partial charge in [-0.05, 0) is 24.3 Å². The first kappa shape index (κ1) is 15.9. The fourth-order valence-corrected chi connectivity index (χ4v) is 3.76. The lowest BCUT2D eigenvalue weighted by atomic mass is 9.75. The van der Waals surface area contributed by atoms with Crippen molar-refractivity contribution in [1.82, 2.24) is 5.43 Å². The molecule has 1 unspecified atom stereocenters. The molecule has 1 atom stereocenters. The van der Waals surface area contributed by atoms with Crippen molar-refractivity contribution in [2.24, 2.45) is 5.10 Å². The maximum atomic E-state index is 6.12. The van der Waals surface area contributed by atoms with Crippen LogP contribution in [0.3, 0.4) is 0 Å². The molecule has 4 heteroatoms. The van der Waals surface area contributed by atoms with Crippen molar-refractivity contribution < 1.29 is 9.47 Å². The van der Waals surface area contributed by atoms with Crippen LogP contribution in [0.15, 0.2) is 77.9 Å². The average molecular weight is 356 g/mol. The molecule has 4 nitrogen and oxygen atoms in total. The van der Waals surface area contributed by atoms with Gasteiger partial charge in [0.25, 0.3) is 0 Å². The molecule has 2 aliphatic heterocycles. The first-order valence-electron chi connectivity index (χ1n) is 9.10. The smallest absolute Gasteiger partial charge is 0.240 e. The molecule has 0 aromatic heterocycles. The molecule has 1 N–H and O–H groups in total. The van der Waals surface area contributed by atoms with E-state index >= 15 is 0 Å². The van der Waals surface area contributed by atoms with Crippen molar-refractivity contribution >= 4 is 5.90 Å². The van der Waals surface area contributed by atoms with E-state index in [1.165, 1.54) is 5.56 Å². The van der Waals surface area contributed by atoms with E-state index in [-0.39, 0.29) is 11.6 Å². The Morgan fingerprint density at radius 1 is 0.852 bits per heavy atom. The van der Waals surface area contributed by atoms with Crippen LogP contribution in [0.25, 0.3) is 0 Å². The van der Waals surface area contributed by atoms with Crippen LogP contribution in [0.4, 0.5) is 0 Å². The Kier molecular flexibility index (Phi) is 3.47. The minimum atomic E-state index is -0.262. The fraction of sp³-hybridized carbons (Fsp3) is 0.174. The molecule has 0 amide bonds. The molecule has 134 valence electrons. The summed E-state index contributed by atoms with van der Waals surface area (Å²) in [5.41, 5.74) is 7.22. The van der Waals surface area contributed by atoms with Gasteiger partial charge in [0.2, 0.25) is 12.1 Å². The predicted octanol–water partition coefficient (Wildman–Crippen LogP) is 5.10. The lowest BCUT2D eigenvalue weighted by Crippen LogP contribution is -2.24. The van der Waals surface area contributed by atoms with Gasteiger partial charge in [0.1, 0.15) is 11.5 Å². The monoisotopic (exact) mass is 356 g/mol. The van der Waals surface area contributed by atoms with Gasteiger partial charge in [0, 0.05) is 27.7 Å². The Balaban J connectivity index is 1.48. The maximum Gasteiger partial charge on any atom is 0.240 e. The number of nitrogens with one attached hydrogen (secondary N) is 1. The van der Waals surface area contributed by atoms with Crippen molar-refractivity contribution in [1.29, 1.82) is 0 Å². The molecule has 0 spiro atoms. The molecule has 5 rings (SSSR count). The second-order valence-electron chi connectivity index (χ2n) is 7.39. The van der Waals surface area contributed by atoms with Crippen LogP contribution in [0.5, 0.6) is 11.5 Å². The number of hydrazone groups is 1. The summed E-state index contributed by atoms with van der Waals surface area (Å²) in [6.45, 7) is 4.44. The van der Waals surface area contributed by atoms with Crippen LogP contribution in [-0.4, -0.2) is 5.90 Å². The molecule has 0 bridgehead atoms. The number of fused-ring (bicyclic) bond motifs is 2. The minimum Gasteiger partial charge on any atom is -0.457 e. The first-order chi connectivity index (χ1) is 13.1. The molecule has 3 aromatic rings. The van der Waals surface area contributed by atoms with Gasteiger partial charge in [0.05, 0.1) is 0 Å². The molecule has 0 saturated carbocycles. The highest BCUT2D eigenvalue weighted by molar-refractivity contribution is 5.95. The summed E-state index contributed by atoms with van der Waals surface area (Å²) in [6, 6.07) is 24.4. The van der Waals surface area contributed by atoms with Crippen molar-refractivity contribution in [2.75, 3.05) is 0 Å². The third-order valence-corrected chi connectivity index (χ3v) is 5.30. The fourth-order valence-electron chi connectivity index (χ4n) is 3.76. The quantitative estimate of drug-likeness (QED) is 0.695. The number of para-hydroxylation sites is 1. The van der Waals surface area contributed by atoms with Crippen LogP contribution in [0, 0.1) is 0 Å². The zero-order chi connectivity index (χ0) is 18.4. The molecule has 2 aliphatic rings. The van der Waals surface area contributed by atoms with Crippen molar-refractivity contribution in [3.05, 3.63) is 95.1 Å². The van der Waals surface area contributed by atoms with E-state index < -0.39 is 0 Å². The van der Waals surface area contributed by atoms with Crippen molar-refractivity contribution in [3.8, 4) is 11.5 Å². The number of hydrogen-bond acceptors (Lipinski definition) is 4. The van der Waals surface area contributed by atoms with Gasteiger partial charge in [-0.3, -0.25) is 5.43 Å². The van der Waals surface area contributed by atoms with Gasteiger partial charge < -0.3 is 9.47 Å². The topological polar surface area (TPSA) is 42.8 Å². The van der Waals surface area contributed by atoms with Crippen molar-refractivity contribution in [3.63, 3.8) is 0 Å². The number of benzene rings is 3. The standard InChI is InChI=1S/C23H20N2O2/c1-23(2)17-10-6-7-11-19(17)26-20-13-12-16(14-18(20)23)22-25-24-21(27-22)15-8-4-3-5-9-15/h3-14,21,24H,1-2H3. The molecule has 3 aromatic carbocycles. The van der Waals surface area contributed by atoms with E-state index in [0.717, 1.165) is 28.2 Å². The number of ether oxygens (including phenoxy) is 2. The normalized spacial score (nSPS) is 19.0. The first-order valence-corrected chi connectivity index (χ1v) is 9.10. The van der Waals surface area contributed by atoms with Gasteiger partial charge in [-0.2, -0.15) is 0 Å². The minimum absolute atomic E-state index is 0.161. The van der Waals surface area contributed by atoms with Crippen LogP contribution >= 0.6 is 0 Å². The largest absolute Gasteiger partial charge is 0.457 e. The lowest BCUT2D eigenvalue weighted by Gasteiger charge is -2.34. The summed E-state index contributed by atoms with van der Waals surface area (Å²) in [5.74, 6) is 2.40. The van der Waals surface area contributed by atoms with Gasteiger partial charge in [-0.25, -0.2) is 0 Å². The van der Waals surface area contributed by atoms with Crippen molar-refractivity contribution in [2.45, 2.75) is 25.5 Å². The second kappa shape index (κ2) is 5.88. The van der Waals surface area contributed by atoms with E-state index in [1.807, 2.05) is 54.6 Å². The van der Waals surface area contributed by atoms with E-state index in [4.69, 9.17) is 9.47 Å². The number of nitrogens with zero attached hydrogens (tertiary/aromatic N) is 1. The summed E-state index contributed by atoms with van der Waals surface area (Å²) >= 11 is 0. The molecule has 27 heavy (non-hydrogen) atoms. The van der Waals surface area contributed by atoms with Crippen LogP contribution in [0.2, 0.25) is 0 Å². The highest BCUT2D eigenvalue weighted by Gasteiger charge is 2.35. The highest BCUT2D eigenvalue weighted by atomic mass is 16.5. The van der Waals surface area contributed by atoms with Crippen LogP contribution in [0.1, 0.15) is 42.3 Å². The van der Waals surface area contributed by atoms with E-state index in [1.54, 1.807) is 0 Å². The molecular weight excluding hydrogens is 336 g/mol. The zero-order valence-corrected chi connectivity index (χ0v) is 15.3. The molecule has 0 radical (unpaired) electrons. The van der Waals surface area contributed by atoms with Crippen LogP contribution in [-0.2, 0) is 10.2 Å². The Morgan fingerprint density at radius 3 is 2.44 bits per heavy atom. The SMILES string of the molecule is CC1(C)c2ccccc2Oc2ccc(C3=NNC(c4ccccc4)O3)cc21. The van der Waals surface area contributed by atoms with E-state index in [0.29, 0.717) is 5.90 Å². The Labute approximate surface area is 158 Å². The summed E-state index contributed by atoms with van der Waals surface area (Å²) in [7, 11) is 0. The average Bonchev–Trinajstić information content (AvgIpc) is 3.19. The second-order valence-corrected chi connectivity index (χ2v) is 7.39. The summed E-state index contributed by atoms with van der Waals surface area (Å²) in [5, 5.41) is 4.41. The van der Waals surface area contributed by atoms with Gasteiger partial charge in [0.15, 0.2) is 0 Å².